The van der Waals surface area contributed by atoms with E-state index in [0.717, 1.165) is 0 Å². The highest BCUT2D eigenvalue weighted by Gasteiger charge is 2.13. The van der Waals surface area contributed by atoms with Crippen LogP contribution in [0.5, 0.6) is 0 Å². The second-order valence-corrected chi connectivity index (χ2v) is 5.42. The molecule has 1 heterocycles. The lowest BCUT2D eigenvalue weighted by Crippen LogP contribution is -2.04. The minimum Gasteiger partial charge on any atom is -0.478 e. The van der Waals surface area contributed by atoms with Crippen LogP contribution in [-0.4, -0.2) is 35.5 Å². The maximum Gasteiger partial charge on any atom is 0.335 e. The van der Waals surface area contributed by atoms with Crippen molar-refractivity contribution in [1.82, 2.24) is 20.2 Å². The normalized spacial score (nSPS) is 12.3. The van der Waals surface area contributed by atoms with Crippen LogP contribution in [0.4, 0.5) is 0 Å². The van der Waals surface area contributed by atoms with Gasteiger partial charge in [0.2, 0.25) is 0 Å². The average Bonchev–Trinajstić information content (AvgIpc) is 2.74. The smallest absolute Gasteiger partial charge is 0.335 e. The van der Waals surface area contributed by atoms with Gasteiger partial charge in [-0.05, 0) is 29.8 Å². The molecule has 0 aliphatic heterocycles. The van der Waals surface area contributed by atoms with Crippen molar-refractivity contribution in [3.05, 3.63) is 35.2 Å². The zero-order chi connectivity index (χ0) is 14.0. The zero-order valence-electron chi connectivity index (χ0n) is 10.4. The molecule has 2 aromatic rings. The number of hydrogen-bond donors (Lipinski definition) is 1. The highest BCUT2D eigenvalue weighted by atomic mass is 32.2. The summed E-state index contributed by atoms with van der Waals surface area (Å²) in [7, 11) is 0.221. The fourth-order valence-corrected chi connectivity index (χ4v) is 2.54. The van der Waals surface area contributed by atoms with E-state index in [1.54, 1.807) is 26.1 Å². The van der Waals surface area contributed by atoms with E-state index < -0.39 is 16.8 Å². The van der Waals surface area contributed by atoms with Gasteiger partial charge in [-0.2, -0.15) is 4.80 Å². The molecule has 1 unspecified atom stereocenters. The number of hydrogen-bond acceptors (Lipinski definition) is 5. The van der Waals surface area contributed by atoms with Gasteiger partial charge < -0.3 is 5.11 Å². The van der Waals surface area contributed by atoms with Gasteiger partial charge >= 0.3 is 5.97 Å². The molecule has 1 aromatic carbocycles. The van der Waals surface area contributed by atoms with E-state index in [0.29, 0.717) is 16.3 Å². The third-order valence-electron chi connectivity index (χ3n) is 2.51. The van der Waals surface area contributed by atoms with Crippen LogP contribution in [-0.2, 0) is 23.6 Å². The van der Waals surface area contributed by atoms with Gasteiger partial charge in [-0.25, -0.2) is 4.79 Å². The first kappa shape index (κ1) is 13.3. The van der Waals surface area contributed by atoms with Crippen molar-refractivity contribution in [3.63, 3.8) is 0 Å². The van der Waals surface area contributed by atoms with Crippen LogP contribution in [0.2, 0.25) is 0 Å². The van der Waals surface area contributed by atoms with Crippen molar-refractivity contribution in [3.8, 4) is 0 Å². The number of carbonyl (C=O) groups is 1. The number of nitrogens with zero attached hydrogens (tertiary/aromatic N) is 4. The quantitative estimate of drug-likeness (QED) is 0.877. The van der Waals surface area contributed by atoms with Crippen molar-refractivity contribution >= 4 is 16.8 Å². The van der Waals surface area contributed by atoms with E-state index in [9.17, 15) is 9.00 Å². The highest BCUT2D eigenvalue weighted by molar-refractivity contribution is 7.84. The maximum atomic E-state index is 12.1. The molecule has 0 fully saturated rings. The van der Waals surface area contributed by atoms with Crippen LogP contribution in [0, 0.1) is 6.92 Å². The Labute approximate surface area is 111 Å². The lowest BCUT2D eigenvalue weighted by molar-refractivity contribution is 0.0696. The fraction of sp³-hybridized carbons (Fsp3) is 0.273. The van der Waals surface area contributed by atoms with E-state index in [2.05, 4.69) is 15.4 Å². The summed E-state index contributed by atoms with van der Waals surface area (Å²) < 4.78 is 12.1. The molecular weight excluding hydrogens is 268 g/mol. The first-order chi connectivity index (χ1) is 8.97. The lowest BCUT2D eigenvalue weighted by atomic mass is 10.1. The molecule has 0 amide bonds. The third-order valence-corrected chi connectivity index (χ3v) is 3.81. The summed E-state index contributed by atoms with van der Waals surface area (Å²) in [5.74, 6) is -0.567. The zero-order valence-corrected chi connectivity index (χ0v) is 11.2. The summed E-state index contributed by atoms with van der Waals surface area (Å²) in [4.78, 5) is 12.7. The molecule has 1 atom stereocenters. The molecule has 8 heteroatoms. The summed E-state index contributed by atoms with van der Waals surface area (Å²) in [5, 5.41) is 20.4. The van der Waals surface area contributed by atoms with E-state index >= 15 is 0 Å². The van der Waals surface area contributed by atoms with Crippen LogP contribution in [0.3, 0.4) is 0 Å². The summed E-state index contributed by atoms with van der Waals surface area (Å²) >= 11 is 0. The molecule has 0 bridgehead atoms. The fourth-order valence-electron chi connectivity index (χ4n) is 1.55. The Kier molecular flexibility index (Phi) is 3.70. The van der Waals surface area contributed by atoms with Gasteiger partial charge in [-0.15, -0.1) is 10.2 Å². The standard InChI is InChI=1S/C11H12N4O3S/c1-7-3-4-8(5-9(7)11(16)17)19(18)6-10-12-14-15(2)13-10/h3-5H,6H2,1-2H3,(H,16,17). The maximum absolute atomic E-state index is 12.1. The molecule has 1 aromatic heterocycles. The molecule has 0 saturated heterocycles. The number of aryl methyl sites for hydroxylation is 2. The number of aromatic carboxylic acids is 1. The molecule has 7 nitrogen and oxygen atoms in total. The van der Waals surface area contributed by atoms with Gasteiger partial charge in [-0.3, -0.25) is 4.21 Å². The minimum atomic E-state index is -1.40. The second kappa shape index (κ2) is 5.27. The van der Waals surface area contributed by atoms with E-state index in [4.69, 9.17) is 5.11 Å². The molecule has 0 saturated carbocycles. The summed E-state index contributed by atoms with van der Waals surface area (Å²) in [6.45, 7) is 1.69. The van der Waals surface area contributed by atoms with Crippen molar-refractivity contribution in [2.24, 2.45) is 7.05 Å². The topological polar surface area (TPSA) is 98.0 Å². The molecule has 0 aliphatic rings. The largest absolute Gasteiger partial charge is 0.478 e. The van der Waals surface area contributed by atoms with Crippen molar-refractivity contribution in [1.29, 1.82) is 0 Å². The predicted molar refractivity (Wildman–Crippen MR) is 67.0 cm³/mol. The van der Waals surface area contributed by atoms with Gasteiger partial charge in [0.15, 0.2) is 5.82 Å². The van der Waals surface area contributed by atoms with Crippen LogP contribution in [0.1, 0.15) is 21.7 Å². The van der Waals surface area contributed by atoms with Crippen LogP contribution < -0.4 is 0 Å². The van der Waals surface area contributed by atoms with Gasteiger partial charge in [0.25, 0.3) is 0 Å². The summed E-state index contributed by atoms with van der Waals surface area (Å²) in [5.41, 5.74) is 0.781. The van der Waals surface area contributed by atoms with E-state index in [1.807, 2.05) is 0 Å². The molecule has 19 heavy (non-hydrogen) atoms. The number of aromatic nitrogens is 4. The number of tetrazole rings is 1. The van der Waals surface area contributed by atoms with Gasteiger partial charge in [-0.1, -0.05) is 6.07 Å². The number of benzene rings is 1. The van der Waals surface area contributed by atoms with E-state index in [1.165, 1.54) is 10.9 Å². The van der Waals surface area contributed by atoms with Crippen LogP contribution >= 0.6 is 0 Å². The average molecular weight is 280 g/mol. The SMILES string of the molecule is Cc1ccc(S(=O)Cc2nnn(C)n2)cc1C(=O)O. The van der Waals surface area contributed by atoms with Crippen LogP contribution in [0.15, 0.2) is 23.1 Å². The van der Waals surface area contributed by atoms with Crippen molar-refractivity contribution in [2.75, 3.05) is 0 Å². The lowest BCUT2D eigenvalue weighted by Gasteiger charge is -2.04. The molecule has 100 valence electrons. The molecule has 2 rings (SSSR count). The molecule has 1 N–H and O–H groups in total. The number of rotatable bonds is 4. The Morgan fingerprint density at radius 2 is 2.21 bits per heavy atom. The Bertz CT molecular complexity index is 653. The van der Waals surface area contributed by atoms with Crippen molar-refractivity contribution < 1.29 is 14.1 Å². The summed E-state index contributed by atoms with van der Waals surface area (Å²) in [6, 6.07) is 4.71. The Morgan fingerprint density at radius 3 is 2.79 bits per heavy atom. The molecule has 0 spiro atoms. The molecule has 0 radical (unpaired) electrons. The van der Waals surface area contributed by atoms with E-state index in [-0.39, 0.29) is 11.3 Å². The Morgan fingerprint density at radius 1 is 1.47 bits per heavy atom. The highest BCUT2D eigenvalue weighted by Crippen LogP contribution is 2.16. The Balaban J connectivity index is 2.24. The van der Waals surface area contributed by atoms with Crippen LogP contribution in [0.25, 0.3) is 0 Å². The third kappa shape index (κ3) is 3.02. The summed E-state index contributed by atoms with van der Waals surface area (Å²) in [6.07, 6.45) is 0. The van der Waals surface area contributed by atoms with Gasteiger partial charge in [0.05, 0.1) is 29.2 Å². The molecular formula is C11H12N4O3S. The molecule has 0 aliphatic carbocycles. The number of carboxylic acid groups (broad SMARTS) is 1. The first-order valence-corrected chi connectivity index (χ1v) is 6.74. The number of carboxylic acids is 1. The van der Waals surface area contributed by atoms with Gasteiger partial charge in [0.1, 0.15) is 0 Å². The van der Waals surface area contributed by atoms with Gasteiger partial charge in [0, 0.05) is 4.90 Å². The monoisotopic (exact) mass is 280 g/mol. The minimum absolute atomic E-state index is 0.107. The van der Waals surface area contributed by atoms with Crippen molar-refractivity contribution in [2.45, 2.75) is 17.6 Å². The first-order valence-electron chi connectivity index (χ1n) is 5.42. The second-order valence-electron chi connectivity index (χ2n) is 3.97. The Hall–Kier alpha value is -2.09. The predicted octanol–water partition coefficient (Wildman–Crippen LogP) is 0.525.